The Morgan fingerprint density at radius 2 is 2.11 bits per heavy atom. The van der Waals surface area contributed by atoms with Crippen LogP contribution in [-0.4, -0.2) is 12.7 Å². The van der Waals surface area contributed by atoms with Crippen LogP contribution in [-0.2, 0) is 4.74 Å². The molecule has 0 spiro atoms. The lowest BCUT2D eigenvalue weighted by atomic mass is 9.98. The van der Waals surface area contributed by atoms with E-state index in [4.69, 9.17) is 22.1 Å². The third-order valence-electron chi connectivity index (χ3n) is 2.78. The second kappa shape index (κ2) is 7.43. The summed E-state index contributed by atoms with van der Waals surface area (Å²) in [6.07, 6.45) is 1.54. The van der Waals surface area contributed by atoms with Crippen LogP contribution < -0.4 is 5.73 Å². The van der Waals surface area contributed by atoms with Crippen molar-refractivity contribution in [3.63, 3.8) is 0 Å². The quantitative estimate of drug-likeness (QED) is 0.778. The van der Waals surface area contributed by atoms with Gasteiger partial charge in [-0.3, -0.25) is 0 Å². The maximum Gasteiger partial charge on any atom is 0.147 e. The predicted molar refractivity (Wildman–Crippen MR) is 76.4 cm³/mol. The Labute approximate surface area is 121 Å². The number of rotatable bonds is 6. The summed E-state index contributed by atoms with van der Waals surface area (Å²) in [5, 5.41) is 0.0645. The Morgan fingerprint density at radius 3 is 2.67 bits per heavy atom. The molecule has 0 amide bonds. The average Bonchev–Trinajstić information content (AvgIpc) is 2.35. The standard InChI is InChI=1S/C13H18BrClFNO/c1-3-5-10(18-4-2)13(17)8-6-7-9(14)11(15)12(8)16/h6-7,10,13H,3-5,17H2,1-2H3. The van der Waals surface area contributed by atoms with Crippen molar-refractivity contribution in [3.05, 3.63) is 33.0 Å². The van der Waals surface area contributed by atoms with Gasteiger partial charge in [-0.25, -0.2) is 4.39 Å². The first-order chi connectivity index (χ1) is 8.52. The Morgan fingerprint density at radius 1 is 1.44 bits per heavy atom. The molecular weight excluding hydrogens is 321 g/mol. The highest BCUT2D eigenvalue weighted by atomic mass is 79.9. The van der Waals surface area contributed by atoms with E-state index in [0.717, 1.165) is 12.8 Å². The zero-order valence-corrected chi connectivity index (χ0v) is 12.9. The molecule has 0 aromatic heterocycles. The molecule has 0 aliphatic heterocycles. The molecule has 2 unspecified atom stereocenters. The minimum Gasteiger partial charge on any atom is -0.377 e. The van der Waals surface area contributed by atoms with Crippen molar-refractivity contribution in [2.45, 2.75) is 38.8 Å². The third kappa shape index (κ3) is 3.67. The van der Waals surface area contributed by atoms with E-state index in [0.29, 0.717) is 16.6 Å². The number of ether oxygens (including phenoxy) is 1. The molecule has 0 saturated carbocycles. The maximum atomic E-state index is 14.1. The first-order valence-corrected chi connectivity index (χ1v) is 7.20. The van der Waals surface area contributed by atoms with Crippen LogP contribution in [0.1, 0.15) is 38.3 Å². The molecule has 5 heteroatoms. The second-order valence-corrected chi connectivity index (χ2v) is 5.31. The number of hydrogen-bond acceptors (Lipinski definition) is 2. The summed E-state index contributed by atoms with van der Waals surface area (Å²) in [5.74, 6) is -0.473. The lowest BCUT2D eigenvalue weighted by Gasteiger charge is -2.24. The van der Waals surface area contributed by atoms with Crippen LogP contribution in [0.2, 0.25) is 5.02 Å². The minimum absolute atomic E-state index is 0.0645. The zero-order chi connectivity index (χ0) is 13.7. The van der Waals surface area contributed by atoms with Crippen molar-refractivity contribution in [1.82, 2.24) is 0 Å². The molecule has 0 radical (unpaired) electrons. The normalized spacial score (nSPS) is 14.6. The molecule has 0 saturated heterocycles. The van der Waals surface area contributed by atoms with Gasteiger partial charge < -0.3 is 10.5 Å². The van der Waals surface area contributed by atoms with Crippen LogP contribution in [0.4, 0.5) is 4.39 Å². The van der Waals surface area contributed by atoms with Gasteiger partial charge in [-0.15, -0.1) is 0 Å². The number of benzene rings is 1. The van der Waals surface area contributed by atoms with Crippen LogP contribution in [0.5, 0.6) is 0 Å². The number of halogens is 3. The lowest BCUT2D eigenvalue weighted by Crippen LogP contribution is -2.30. The first-order valence-electron chi connectivity index (χ1n) is 6.03. The summed E-state index contributed by atoms with van der Waals surface area (Å²) in [5.41, 5.74) is 6.49. The molecule has 0 aliphatic carbocycles. The summed E-state index contributed by atoms with van der Waals surface area (Å²) in [7, 11) is 0. The fraction of sp³-hybridized carbons (Fsp3) is 0.538. The molecule has 0 fully saturated rings. The van der Waals surface area contributed by atoms with Gasteiger partial charge in [0.2, 0.25) is 0 Å². The van der Waals surface area contributed by atoms with Crippen molar-refractivity contribution in [2.24, 2.45) is 5.73 Å². The highest BCUT2D eigenvalue weighted by molar-refractivity contribution is 9.10. The van der Waals surface area contributed by atoms with Crippen molar-refractivity contribution in [2.75, 3.05) is 6.61 Å². The van der Waals surface area contributed by atoms with Crippen molar-refractivity contribution in [3.8, 4) is 0 Å². The van der Waals surface area contributed by atoms with Crippen molar-refractivity contribution < 1.29 is 9.13 Å². The van der Waals surface area contributed by atoms with Gasteiger partial charge in [-0.1, -0.05) is 31.0 Å². The van der Waals surface area contributed by atoms with E-state index in [1.807, 2.05) is 13.8 Å². The van der Waals surface area contributed by atoms with Gasteiger partial charge in [-0.05, 0) is 35.3 Å². The number of nitrogens with two attached hydrogens (primary N) is 1. The highest BCUT2D eigenvalue weighted by Crippen LogP contribution is 2.32. The molecule has 2 nitrogen and oxygen atoms in total. The number of hydrogen-bond donors (Lipinski definition) is 1. The minimum atomic E-state index is -0.504. The highest BCUT2D eigenvalue weighted by Gasteiger charge is 2.23. The van der Waals surface area contributed by atoms with Crippen LogP contribution in [0.25, 0.3) is 0 Å². The van der Waals surface area contributed by atoms with E-state index in [9.17, 15) is 4.39 Å². The molecule has 0 aliphatic rings. The first kappa shape index (κ1) is 15.9. The van der Waals surface area contributed by atoms with E-state index in [2.05, 4.69) is 15.9 Å². The van der Waals surface area contributed by atoms with E-state index >= 15 is 0 Å². The molecule has 0 heterocycles. The van der Waals surface area contributed by atoms with Crippen LogP contribution >= 0.6 is 27.5 Å². The SMILES string of the molecule is CCCC(OCC)C(N)c1ccc(Br)c(Cl)c1F. The summed E-state index contributed by atoms with van der Waals surface area (Å²) in [6, 6.07) is 2.85. The molecule has 1 aromatic carbocycles. The fourth-order valence-electron chi connectivity index (χ4n) is 1.86. The summed E-state index contributed by atoms with van der Waals surface area (Å²) < 4.78 is 20.2. The maximum absolute atomic E-state index is 14.1. The van der Waals surface area contributed by atoms with Gasteiger partial charge in [0.1, 0.15) is 5.82 Å². The van der Waals surface area contributed by atoms with Gasteiger partial charge in [0.05, 0.1) is 17.2 Å². The molecule has 1 rings (SSSR count). The third-order valence-corrected chi connectivity index (χ3v) is 4.04. The van der Waals surface area contributed by atoms with Gasteiger partial charge in [0.15, 0.2) is 0 Å². The van der Waals surface area contributed by atoms with E-state index in [1.165, 1.54) is 0 Å². The van der Waals surface area contributed by atoms with E-state index < -0.39 is 11.9 Å². The summed E-state index contributed by atoms with van der Waals surface area (Å²) in [4.78, 5) is 0. The summed E-state index contributed by atoms with van der Waals surface area (Å²) >= 11 is 9.05. The molecule has 18 heavy (non-hydrogen) atoms. The fourth-order valence-corrected chi connectivity index (χ4v) is 2.34. The molecule has 0 bridgehead atoms. The Kier molecular flexibility index (Phi) is 6.57. The zero-order valence-electron chi connectivity index (χ0n) is 10.6. The van der Waals surface area contributed by atoms with E-state index in [1.54, 1.807) is 12.1 Å². The molecule has 2 N–H and O–H groups in total. The predicted octanol–water partition coefficient (Wildman–Crippen LogP) is 4.45. The molecule has 1 aromatic rings. The Balaban J connectivity index is 3.00. The van der Waals surface area contributed by atoms with Crippen LogP contribution in [0.15, 0.2) is 16.6 Å². The smallest absolute Gasteiger partial charge is 0.147 e. The van der Waals surface area contributed by atoms with Crippen molar-refractivity contribution >= 4 is 27.5 Å². The van der Waals surface area contributed by atoms with Gasteiger partial charge >= 0.3 is 0 Å². The monoisotopic (exact) mass is 337 g/mol. The lowest BCUT2D eigenvalue weighted by molar-refractivity contribution is 0.0366. The Hall–Kier alpha value is -0.160. The van der Waals surface area contributed by atoms with Gasteiger partial charge in [-0.2, -0.15) is 0 Å². The van der Waals surface area contributed by atoms with Gasteiger partial charge in [0.25, 0.3) is 0 Å². The average molecular weight is 339 g/mol. The second-order valence-electron chi connectivity index (χ2n) is 4.07. The van der Waals surface area contributed by atoms with Crippen LogP contribution in [0.3, 0.4) is 0 Å². The molecule has 102 valence electrons. The van der Waals surface area contributed by atoms with Crippen molar-refractivity contribution in [1.29, 1.82) is 0 Å². The molecule has 2 atom stereocenters. The van der Waals surface area contributed by atoms with Crippen LogP contribution in [0, 0.1) is 5.82 Å². The molecular formula is C13H18BrClFNO. The largest absolute Gasteiger partial charge is 0.377 e. The topological polar surface area (TPSA) is 35.2 Å². The van der Waals surface area contributed by atoms with E-state index in [-0.39, 0.29) is 11.1 Å². The Bertz CT molecular complexity index is 397. The van der Waals surface area contributed by atoms with Gasteiger partial charge in [0, 0.05) is 16.6 Å². The summed E-state index contributed by atoms with van der Waals surface area (Å²) in [6.45, 7) is 4.51.